The number of hydrogen-bond acceptors (Lipinski definition) is 3. The summed E-state index contributed by atoms with van der Waals surface area (Å²) in [5, 5.41) is 19.1. The van der Waals surface area contributed by atoms with E-state index in [4.69, 9.17) is 5.73 Å². The molecular formula is C12H10BrNO2. The number of aromatic hydroxyl groups is 2. The van der Waals surface area contributed by atoms with E-state index in [9.17, 15) is 10.2 Å². The lowest BCUT2D eigenvalue weighted by atomic mass is 10.0. The average molecular weight is 280 g/mol. The summed E-state index contributed by atoms with van der Waals surface area (Å²) < 4.78 is 0.869. The van der Waals surface area contributed by atoms with E-state index in [1.54, 1.807) is 12.1 Å². The van der Waals surface area contributed by atoms with Crippen LogP contribution in [0.4, 0.5) is 5.69 Å². The summed E-state index contributed by atoms with van der Waals surface area (Å²) in [6, 6.07) is 9.71. The largest absolute Gasteiger partial charge is 0.508 e. The van der Waals surface area contributed by atoms with Crippen LogP contribution in [0, 0.1) is 0 Å². The molecule has 4 N–H and O–H groups in total. The van der Waals surface area contributed by atoms with Gasteiger partial charge in [-0.05, 0) is 30.3 Å². The molecular weight excluding hydrogens is 270 g/mol. The molecule has 82 valence electrons. The fraction of sp³-hybridized carbons (Fsp3) is 0. The third kappa shape index (κ3) is 1.97. The number of anilines is 1. The number of benzene rings is 2. The first-order valence-electron chi connectivity index (χ1n) is 4.65. The molecule has 0 aliphatic rings. The predicted molar refractivity (Wildman–Crippen MR) is 67.3 cm³/mol. The van der Waals surface area contributed by atoms with Crippen LogP contribution >= 0.6 is 15.9 Å². The Bertz CT molecular complexity index is 541. The SMILES string of the molecule is Nc1cc(Br)ccc1-c1cc(O)ccc1O. The van der Waals surface area contributed by atoms with Gasteiger partial charge in [-0.15, -0.1) is 0 Å². The zero-order valence-corrected chi connectivity index (χ0v) is 9.90. The summed E-state index contributed by atoms with van der Waals surface area (Å²) in [4.78, 5) is 0. The molecule has 0 heterocycles. The summed E-state index contributed by atoms with van der Waals surface area (Å²) in [7, 11) is 0. The summed E-state index contributed by atoms with van der Waals surface area (Å²) in [6.07, 6.45) is 0. The van der Waals surface area contributed by atoms with Crippen LogP contribution in [0.5, 0.6) is 11.5 Å². The van der Waals surface area contributed by atoms with Crippen molar-refractivity contribution in [3.63, 3.8) is 0 Å². The Kier molecular flexibility index (Phi) is 2.75. The van der Waals surface area contributed by atoms with Crippen molar-refractivity contribution in [1.29, 1.82) is 0 Å². The van der Waals surface area contributed by atoms with Crippen molar-refractivity contribution in [2.45, 2.75) is 0 Å². The van der Waals surface area contributed by atoms with Crippen LogP contribution in [0.1, 0.15) is 0 Å². The van der Waals surface area contributed by atoms with Gasteiger partial charge in [0, 0.05) is 21.3 Å². The Balaban J connectivity index is 2.62. The number of hydrogen-bond donors (Lipinski definition) is 3. The van der Waals surface area contributed by atoms with Crippen molar-refractivity contribution in [2.75, 3.05) is 5.73 Å². The molecule has 16 heavy (non-hydrogen) atoms. The van der Waals surface area contributed by atoms with Crippen molar-refractivity contribution >= 4 is 21.6 Å². The molecule has 0 aliphatic heterocycles. The lowest BCUT2D eigenvalue weighted by Crippen LogP contribution is -1.90. The summed E-state index contributed by atoms with van der Waals surface area (Å²) in [5.41, 5.74) is 7.60. The van der Waals surface area contributed by atoms with E-state index in [0.717, 1.165) is 4.47 Å². The highest BCUT2D eigenvalue weighted by Crippen LogP contribution is 2.36. The van der Waals surface area contributed by atoms with Crippen molar-refractivity contribution in [3.05, 3.63) is 40.9 Å². The molecule has 0 saturated heterocycles. The van der Waals surface area contributed by atoms with Crippen LogP contribution < -0.4 is 5.73 Å². The molecule has 4 heteroatoms. The number of rotatable bonds is 1. The van der Waals surface area contributed by atoms with Gasteiger partial charge < -0.3 is 15.9 Å². The smallest absolute Gasteiger partial charge is 0.123 e. The second-order valence-electron chi connectivity index (χ2n) is 3.43. The molecule has 0 aromatic heterocycles. The van der Waals surface area contributed by atoms with E-state index >= 15 is 0 Å². The van der Waals surface area contributed by atoms with Crippen molar-refractivity contribution in [1.82, 2.24) is 0 Å². The Morgan fingerprint density at radius 1 is 0.938 bits per heavy atom. The van der Waals surface area contributed by atoms with E-state index in [0.29, 0.717) is 16.8 Å². The number of halogens is 1. The predicted octanol–water partition coefficient (Wildman–Crippen LogP) is 3.11. The molecule has 0 fully saturated rings. The zero-order chi connectivity index (χ0) is 11.7. The first-order valence-corrected chi connectivity index (χ1v) is 5.44. The second kappa shape index (κ2) is 4.06. The Morgan fingerprint density at radius 2 is 1.69 bits per heavy atom. The minimum atomic E-state index is 0.0897. The molecule has 3 nitrogen and oxygen atoms in total. The minimum absolute atomic E-state index is 0.0897. The summed E-state index contributed by atoms with van der Waals surface area (Å²) in [5.74, 6) is 0.182. The first kappa shape index (κ1) is 10.8. The van der Waals surface area contributed by atoms with Gasteiger partial charge in [-0.3, -0.25) is 0 Å². The molecule has 0 unspecified atom stereocenters. The molecule has 0 bridgehead atoms. The maximum Gasteiger partial charge on any atom is 0.123 e. The maximum absolute atomic E-state index is 9.70. The van der Waals surface area contributed by atoms with Gasteiger partial charge in [0.2, 0.25) is 0 Å². The topological polar surface area (TPSA) is 66.5 Å². The van der Waals surface area contributed by atoms with E-state index in [1.165, 1.54) is 18.2 Å². The van der Waals surface area contributed by atoms with Crippen LogP contribution in [-0.2, 0) is 0 Å². The molecule has 0 atom stereocenters. The number of nitrogen functional groups attached to an aromatic ring is 1. The highest BCUT2D eigenvalue weighted by atomic mass is 79.9. The Morgan fingerprint density at radius 3 is 2.38 bits per heavy atom. The molecule has 0 radical (unpaired) electrons. The molecule has 0 aliphatic carbocycles. The molecule has 0 spiro atoms. The standard InChI is InChI=1S/C12H10BrNO2/c13-7-1-3-9(11(14)5-7)10-6-8(15)2-4-12(10)16/h1-6,15-16H,14H2. The Hall–Kier alpha value is -1.68. The van der Waals surface area contributed by atoms with Crippen LogP contribution in [0.15, 0.2) is 40.9 Å². The van der Waals surface area contributed by atoms with Crippen LogP contribution in [0.2, 0.25) is 0 Å². The van der Waals surface area contributed by atoms with Gasteiger partial charge in [-0.2, -0.15) is 0 Å². The van der Waals surface area contributed by atoms with Gasteiger partial charge in [-0.1, -0.05) is 22.0 Å². The van der Waals surface area contributed by atoms with Crippen molar-refractivity contribution in [2.24, 2.45) is 0 Å². The fourth-order valence-electron chi connectivity index (χ4n) is 1.52. The highest BCUT2D eigenvalue weighted by Gasteiger charge is 2.08. The maximum atomic E-state index is 9.70. The minimum Gasteiger partial charge on any atom is -0.508 e. The van der Waals surface area contributed by atoms with Gasteiger partial charge in [0.25, 0.3) is 0 Å². The number of phenols is 2. The third-order valence-corrected chi connectivity index (χ3v) is 2.78. The van der Waals surface area contributed by atoms with Gasteiger partial charge in [0.1, 0.15) is 11.5 Å². The molecule has 2 rings (SSSR count). The van der Waals surface area contributed by atoms with Gasteiger partial charge in [-0.25, -0.2) is 0 Å². The third-order valence-electron chi connectivity index (χ3n) is 2.28. The number of phenolic OH excluding ortho intramolecular Hbond substituents is 2. The van der Waals surface area contributed by atoms with Crippen LogP contribution in [0.25, 0.3) is 11.1 Å². The Labute approximate surface area is 101 Å². The average Bonchev–Trinajstić information content (AvgIpc) is 2.22. The van der Waals surface area contributed by atoms with Gasteiger partial charge in [0.05, 0.1) is 0 Å². The summed E-state index contributed by atoms with van der Waals surface area (Å²) in [6.45, 7) is 0. The quantitative estimate of drug-likeness (QED) is 0.555. The molecule has 0 amide bonds. The highest BCUT2D eigenvalue weighted by molar-refractivity contribution is 9.10. The van der Waals surface area contributed by atoms with E-state index < -0.39 is 0 Å². The van der Waals surface area contributed by atoms with Crippen LogP contribution in [-0.4, -0.2) is 10.2 Å². The van der Waals surface area contributed by atoms with Crippen molar-refractivity contribution < 1.29 is 10.2 Å². The molecule has 0 saturated carbocycles. The fourth-order valence-corrected chi connectivity index (χ4v) is 1.90. The van der Waals surface area contributed by atoms with Gasteiger partial charge >= 0.3 is 0 Å². The van der Waals surface area contributed by atoms with Gasteiger partial charge in [0.15, 0.2) is 0 Å². The van der Waals surface area contributed by atoms with E-state index in [2.05, 4.69) is 15.9 Å². The molecule has 2 aromatic rings. The van der Waals surface area contributed by atoms with E-state index in [1.807, 2.05) is 6.07 Å². The monoisotopic (exact) mass is 279 g/mol. The van der Waals surface area contributed by atoms with E-state index in [-0.39, 0.29) is 11.5 Å². The van der Waals surface area contributed by atoms with Crippen molar-refractivity contribution in [3.8, 4) is 22.6 Å². The molecule has 2 aromatic carbocycles. The number of nitrogens with two attached hydrogens (primary N) is 1. The zero-order valence-electron chi connectivity index (χ0n) is 8.31. The second-order valence-corrected chi connectivity index (χ2v) is 4.35. The summed E-state index contributed by atoms with van der Waals surface area (Å²) >= 11 is 3.31. The lowest BCUT2D eigenvalue weighted by Gasteiger charge is -2.08. The lowest BCUT2D eigenvalue weighted by molar-refractivity contribution is 0.462. The normalized spacial score (nSPS) is 10.3. The first-order chi connectivity index (χ1) is 7.58. The van der Waals surface area contributed by atoms with Crippen LogP contribution in [0.3, 0.4) is 0 Å².